The van der Waals surface area contributed by atoms with Crippen LogP contribution in [-0.2, 0) is 11.0 Å². The molecule has 5 nitrogen and oxygen atoms in total. The molecule has 2 aromatic carbocycles. The van der Waals surface area contributed by atoms with Crippen molar-refractivity contribution in [3.63, 3.8) is 0 Å². The summed E-state index contributed by atoms with van der Waals surface area (Å²) < 4.78 is 41.2. The van der Waals surface area contributed by atoms with Gasteiger partial charge in [-0.05, 0) is 49.6 Å². The largest absolute Gasteiger partial charge is 0.437 e. The van der Waals surface area contributed by atoms with Crippen molar-refractivity contribution in [3.8, 4) is 0 Å². The second kappa shape index (κ2) is 8.34. The SMILES string of the molecule is Cc1ccc(Cl)cc1NC(=O)C1CCCN(c2nc3ccccc3nc2C(F)(F)F)C1. The fraction of sp³-hybridized carbons (Fsp3) is 0.318. The molecule has 1 aliphatic rings. The number of carbonyl (C=O) groups is 1. The molecule has 31 heavy (non-hydrogen) atoms. The summed E-state index contributed by atoms with van der Waals surface area (Å²) >= 11 is 6.02. The molecule has 1 aliphatic heterocycles. The number of piperidine rings is 1. The molecule has 9 heteroatoms. The molecule has 1 aromatic heterocycles. The summed E-state index contributed by atoms with van der Waals surface area (Å²) in [4.78, 5) is 22.5. The summed E-state index contributed by atoms with van der Waals surface area (Å²) in [5.74, 6) is -0.971. The van der Waals surface area contributed by atoms with Gasteiger partial charge in [0, 0.05) is 23.8 Å². The number of carbonyl (C=O) groups excluding carboxylic acids is 1. The van der Waals surface area contributed by atoms with Gasteiger partial charge in [0.15, 0.2) is 11.5 Å². The van der Waals surface area contributed by atoms with Crippen LogP contribution in [0.2, 0.25) is 5.02 Å². The maximum absolute atomic E-state index is 13.7. The number of halogens is 4. The van der Waals surface area contributed by atoms with Crippen molar-refractivity contribution in [3.05, 3.63) is 58.7 Å². The summed E-state index contributed by atoms with van der Waals surface area (Å²) in [6, 6.07) is 11.6. The number of rotatable bonds is 3. The highest BCUT2D eigenvalue weighted by molar-refractivity contribution is 6.31. The highest BCUT2D eigenvalue weighted by Gasteiger charge is 2.40. The predicted octanol–water partition coefficient (Wildman–Crippen LogP) is 5.47. The summed E-state index contributed by atoms with van der Waals surface area (Å²) in [5, 5.41) is 3.35. The maximum atomic E-state index is 13.7. The van der Waals surface area contributed by atoms with Crippen LogP contribution in [0.4, 0.5) is 24.7 Å². The molecule has 3 aromatic rings. The van der Waals surface area contributed by atoms with Crippen LogP contribution in [0.15, 0.2) is 42.5 Å². The molecule has 2 heterocycles. The van der Waals surface area contributed by atoms with Crippen LogP contribution >= 0.6 is 11.6 Å². The predicted molar refractivity (Wildman–Crippen MR) is 114 cm³/mol. The first-order valence-electron chi connectivity index (χ1n) is 9.88. The van der Waals surface area contributed by atoms with Gasteiger partial charge in [-0.15, -0.1) is 0 Å². The van der Waals surface area contributed by atoms with E-state index in [9.17, 15) is 18.0 Å². The summed E-state index contributed by atoms with van der Waals surface area (Å²) in [6.07, 6.45) is -3.51. The first-order chi connectivity index (χ1) is 14.7. The van der Waals surface area contributed by atoms with Gasteiger partial charge < -0.3 is 10.2 Å². The van der Waals surface area contributed by atoms with E-state index in [4.69, 9.17) is 11.6 Å². The minimum Gasteiger partial charge on any atom is -0.354 e. The maximum Gasteiger partial charge on any atom is 0.437 e. The number of nitrogens with zero attached hydrogens (tertiary/aromatic N) is 3. The van der Waals surface area contributed by atoms with Gasteiger partial charge in [-0.2, -0.15) is 13.2 Å². The van der Waals surface area contributed by atoms with Gasteiger partial charge >= 0.3 is 6.18 Å². The monoisotopic (exact) mass is 448 g/mol. The second-order valence-corrected chi connectivity index (χ2v) is 8.05. The van der Waals surface area contributed by atoms with Gasteiger partial charge in [0.25, 0.3) is 0 Å². The van der Waals surface area contributed by atoms with Gasteiger partial charge in [-0.1, -0.05) is 29.8 Å². The average Bonchev–Trinajstić information content (AvgIpc) is 2.75. The number of nitrogens with one attached hydrogen (secondary N) is 1. The molecule has 1 saturated heterocycles. The van der Waals surface area contributed by atoms with Crippen molar-refractivity contribution in [2.24, 2.45) is 5.92 Å². The summed E-state index contributed by atoms with van der Waals surface area (Å²) in [6.45, 7) is 2.34. The van der Waals surface area contributed by atoms with E-state index in [-0.39, 0.29) is 23.8 Å². The number of fused-ring (bicyclic) bond motifs is 1. The quantitative estimate of drug-likeness (QED) is 0.577. The van der Waals surface area contributed by atoms with Crippen LogP contribution in [0.5, 0.6) is 0 Å². The van der Waals surface area contributed by atoms with Crippen LogP contribution in [0.3, 0.4) is 0 Å². The Hall–Kier alpha value is -2.87. The lowest BCUT2D eigenvalue weighted by molar-refractivity contribution is -0.140. The van der Waals surface area contributed by atoms with E-state index in [1.54, 1.807) is 36.4 Å². The summed E-state index contributed by atoms with van der Waals surface area (Å²) in [5.41, 5.74) is 0.979. The fourth-order valence-corrected chi connectivity index (χ4v) is 3.92. The van der Waals surface area contributed by atoms with E-state index in [0.717, 1.165) is 5.56 Å². The van der Waals surface area contributed by atoms with E-state index in [2.05, 4.69) is 15.3 Å². The van der Waals surface area contributed by atoms with Gasteiger partial charge in [-0.3, -0.25) is 4.79 Å². The first kappa shape index (κ1) is 21.4. The number of benzene rings is 2. The van der Waals surface area contributed by atoms with Gasteiger partial charge in [0.05, 0.1) is 17.0 Å². The number of amides is 1. The minimum absolute atomic E-state index is 0.127. The number of para-hydroxylation sites is 2. The Morgan fingerprint density at radius 1 is 1.16 bits per heavy atom. The van der Waals surface area contributed by atoms with Crippen molar-refractivity contribution in [2.45, 2.75) is 25.9 Å². The molecular formula is C22H20ClF3N4O. The van der Waals surface area contributed by atoms with E-state index < -0.39 is 17.8 Å². The number of hydrogen-bond acceptors (Lipinski definition) is 4. The van der Waals surface area contributed by atoms with Crippen LogP contribution in [0.25, 0.3) is 11.0 Å². The Morgan fingerprint density at radius 2 is 1.87 bits per heavy atom. The molecule has 1 unspecified atom stereocenters. The van der Waals surface area contributed by atoms with E-state index in [1.165, 1.54) is 11.0 Å². The molecule has 162 valence electrons. The van der Waals surface area contributed by atoms with Gasteiger partial charge in [0.2, 0.25) is 5.91 Å². The number of aryl methyl sites for hydroxylation is 1. The lowest BCUT2D eigenvalue weighted by Gasteiger charge is -2.34. The number of anilines is 2. The zero-order valence-corrected chi connectivity index (χ0v) is 17.5. The Morgan fingerprint density at radius 3 is 2.58 bits per heavy atom. The normalized spacial score (nSPS) is 17.1. The van der Waals surface area contributed by atoms with Crippen molar-refractivity contribution in [1.82, 2.24) is 9.97 Å². The van der Waals surface area contributed by atoms with Crippen LogP contribution in [0, 0.1) is 12.8 Å². The smallest absolute Gasteiger partial charge is 0.354 e. The number of hydrogen-bond donors (Lipinski definition) is 1. The molecule has 4 rings (SSSR count). The molecule has 1 fully saturated rings. The van der Waals surface area contributed by atoms with Gasteiger partial charge in [-0.25, -0.2) is 9.97 Å². The van der Waals surface area contributed by atoms with Crippen molar-refractivity contribution >= 4 is 40.0 Å². The molecule has 1 atom stereocenters. The topological polar surface area (TPSA) is 58.1 Å². The molecule has 1 N–H and O–H groups in total. The molecule has 0 saturated carbocycles. The Balaban J connectivity index is 1.61. The van der Waals surface area contributed by atoms with E-state index in [1.807, 2.05) is 6.92 Å². The molecule has 0 bridgehead atoms. The Bertz CT molecular complexity index is 1140. The molecule has 0 spiro atoms. The highest BCUT2D eigenvalue weighted by atomic mass is 35.5. The Labute approximate surface area is 182 Å². The lowest BCUT2D eigenvalue weighted by Crippen LogP contribution is -2.42. The first-order valence-corrected chi connectivity index (χ1v) is 10.3. The Kier molecular flexibility index (Phi) is 5.75. The third-order valence-electron chi connectivity index (χ3n) is 5.37. The highest BCUT2D eigenvalue weighted by Crippen LogP contribution is 2.37. The fourth-order valence-electron chi connectivity index (χ4n) is 3.75. The van der Waals surface area contributed by atoms with Crippen molar-refractivity contribution < 1.29 is 18.0 Å². The van der Waals surface area contributed by atoms with Crippen LogP contribution < -0.4 is 10.2 Å². The van der Waals surface area contributed by atoms with Crippen LogP contribution in [-0.4, -0.2) is 29.0 Å². The summed E-state index contributed by atoms with van der Waals surface area (Å²) in [7, 11) is 0. The average molecular weight is 449 g/mol. The lowest BCUT2D eigenvalue weighted by atomic mass is 9.96. The third kappa shape index (κ3) is 4.58. The standard InChI is InChI=1S/C22H20ClF3N4O/c1-13-8-9-15(23)11-18(13)29-21(31)14-5-4-10-30(12-14)20-19(22(24,25)26)27-16-6-2-3-7-17(16)28-20/h2-3,6-9,11,14H,4-5,10,12H2,1H3,(H,29,31). The molecule has 1 amide bonds. The number of aromatic nitrogens is 2. The van der Waals surface area contributed by atoms with Crippen LogP contribution in [0.1, 0.15) is 24.1 Å². The zero-order valence-electron chi connectivity index (χ0n) is 16.7. The minimum atomic E-state index is -4.65. The molecule has 0 aliphatic carbocycles. The third-order valence-corrected chi connectivity index (χ3v) is 5.60. The van der Waals surface area contributed by atoms with E-state index >= 15 is 0 Å². The zero-order chi connectivity index (χ0) is 22.2. The van der Waals surface area contributed by atoms with Gasteiger partial charge in [0.1, 0.15) is 0 Å². The number of alkyl halides is 3. The molecular weight excluding hydrogens is 429 g/mol. The molecule has 0 radical (unpaired) electrons. The van der Waals surface area contributed by atoms with Crippen molar-refractivity contribution in [1.29, 1.82) is 0 Å². The second-order valence-electron chi connectivity index (χ2n) is 7.62. The van der Waals surface area contributed by atoms with Crippen molar-refractivity contribution in [2.75, 3.05) is 23.3 Å². The van der Waals surface area contributed by atoms with E-state index in [0.29, 0.717) is 35.6 Å².